The lowest BCUT2D eigenvalue weighted by molar-refractivity contribution is 0.305. The van der Waals surface area contributed by atoms with Crippen LogP contribution in [-0.2, 0) is 0 Å². The van der Waals surface area contributed by atoms with Crippen molar-refractivity contribution in [2.75, 3.05) is 13.2 Å². The first-order chi connectivity index (χ1) is 22.1. The highest BCUT2D eigenvalue weighted by Crippen LogP contribution is 2.27. The quantitative estimate of drug-likeness (QED) is 0.119. The molecule has 0 radical (unpaired) electrons. The summed E-state index contributed by atoms with van der Waals surface area (Å²) in [5, 5.41) is 9.47. The van der Waals surface area contributed by atoms with Crippen LogP contribution < -0.4 is 19.6 Å². The summed E-state index contributed by atoms with van der Waals surface area (Å²) in [7, 11) is 0. The molecule has 0 unspecified atom stereocenters. The van der Waals surface area contributed by atoms with E-state index in [0.717, 1.165) is 58.8 Å². The summed E-state index contributed by atoms with van der Waals surface area (Å²) in [5.74, 6) is 2.16. The van der Waals surface area contributed by atoms with Crippen molar-refractivity contribution in [3.63, 3.8) is 0 Å². The largest absolute Gasteiger partial charge is 0.494 e. The average Bonchev–Trinajstić information content (AvgIpc) is 3.77. The lowest BCUT2D eigenvalue weighted by atomic mass is 10.1. The van der Waals surface area contributed by atoms with Crippen molar-refractivity contribution < 1.29 is 9.47 Å². The van der Waals surface area contributed by atoms with E-state index < -0.39 is 0 Å². The Morgan fingerprint density at radius 1 is 0.756 bits per heavy atom. The van der Waals surface area contributed by atoms with Gasteiger partial charge in [-0.05, 0) is 79.6 Å². The van der Waals surface area contributed by atoms with Crippen LogP contribution in [0.3, 0.4) is 0 Å². The zero-order valence-electron chi connectivity index (χ0n) is 25.7. The number of hydrogen-bond acceptors (Lipinski definition) is 7. The highest BCUT2D eigenvalue weighted by atomic mass is 32.1. The normalized spacial score (nSPS) is 11.8. The molecular formula is C36H37N5O3S. The van der Waals surface area contributed by atoms with E-state index in [-0.39, 0.29) is 5.56 Å². The van der Waals surface area contributed by atoms with Crippen molar-refractivity contribution in [1.29, 1.82) is 0 Å². The van der Waals surface area contributed by atoms with E-state index in [4.69, 9.17) is 14.6 Å². The second kappa shape index (κ2) is 14.3. The van der Waals surface area contributed by atoms with Crippen LogP contribution in [0.1, 0.15) is 57.9 Å². The Bertz CT molecular complexity index is 1940. The molecule has 0 saturated heterocycles. The molecule has 0 aliphatic rings. The Morgan fingerprint density at radius 2 is 1.42 bits per heavy atom. The topological polar surface area (TPSA) is 83.5 Å². The molecule has 8 nitrogen and oxygen atoms in total. The maximum atomic E-state index is 13.5. The Labute approximate surface area is 266 Å². The first-order valence-corrected chi connectivity index (χ1v) is 16.5. The highest BCUT2D eigenvalue weighted by Gasteiger charge is 2.15. The number of ether oxygens (including phenoxy) is 2. The van der Waals surface area contributed by atoms with Gasteiger partial charge in [-0.25, -0.2) is 4.68 Å². The molecule has 3 heterocycles. The van der Waals surface area contributed by atoms with Crippen molar-refractivity contribution in [1.82, 2.24) is 24.4 Å². The number of unbranched alkanes of at least 4 members (excludes halogenated alkanes) is 4. The minimum atomic E-state index is -0.210. The van der Waals surface area contributed by atoms with Gasteiger partial charge in [0.15, 0.2) is 5.82 Å². The lowest BCUT2D eigenvalue weighted by Crippen LogP contribution is -2.23. The molecule has 0 bridgehead atoms. The molecule has 0 spiro atoms. The van der Waals surface area contributed by atoms with E-state index in [1.807, 2.05) is 95.8 Å². The lowest BCUT2D eigenvalue weighted by Gasteiger charge is -2.07. The summed E-state index contributed by atoms with van der Waals surface area (Å²) in [6.07, 6.45) is 10.6. The Balaban J connectivity index is 1.29. The molecule has 0 aliphatic carbocycles. The zero-order valence-corrected chi connectivity index (χ0v) is 26.5. The Kier molecular flexibility index (Phi) is 9.65. The van der Waals surface area contributed by atoms with Gasteiger partial charge in [0.2, 0.25) is 4.96 Å². The summed E-state index contributed by atoms with van der Waals surface area (Å²) < 4.78 is 15.5. The van der Waals surface area contributed by atoms with Crippen LogP contribution >= 0.6 is 11.3 Å². The van der Waals surface area contributed by atoms with Crippen LogP contribution in [0, 0.1) is 0 Å². The average molecular weight is 620 g/mol. The molecule has 3 aromatic carbocycles. The summed E-state index contributed by atoms with van der Waals surface area (Å²) in [6.45, 7) is 5.75. The molecule has 6 aromatic rings. The zero-order chi connectivity index (χ0) is 31.0. The van der Waals surface area contributed by atoms with E-state index in [1.54, 1.807) is 0 Å². The number of para-hydroxylation sites is 1. The maximum absolute atomic E-state index is 13.5. The van der Waals surface area contributed by atoms with Gasteiger partial charge >= 0.3 is 0 Å². The van der Waals surface area contributed by atoms with Crippen molar-refractivity contribution >= 4 is 22.4 Å². The molecule has 0 N–H and O–H groups in total. The van der Waals surface area contributed by atoms with Crippen LogP contribution in [0.15, 0.2) is 89.9 Å². The molecule has 0 fully saturated rings. The number of rotatable bonds is 14. The van der Waals surface area contributed by atoms with Crippen molar-refractivity contribution in [2.24, 2.45) is 0 Å². The highest BCUT2D eigenvalue weighted by molar-refractivity contribution is 7.15. The van der Waals surface area contributed by atoms with E-state index in [0.29, 0.717) is 28.5 Å². The Morgan fingerprint density at radius 3 is 2.09 bits per heavy atom. The van der Waals surface area contributed by atoms with Gasteiger partial charge < -0.3 is 9.47 Å². The summed E-state index contributed by atoms with van der Waals surface area (Å²) in [5.41, 5.74) is 4.09. The van der Waals surface area contributed by atoms with Gasteiger partial charge in [-0.3, -0.25) is 4.79 Å². The second-order valence-corrected chi connectivity index (χ2v) is 11.9. The number of thiazole rings is 1. The van der Waals surface area contributed by atoms with Crippen molar-refractivity contribution in [3.8, 4) is 39.8 Å². The van der Waals surface area contributed by atoms with Gasteiger partial charge in [0, 0.05) is 22.9 Å². The van der Waals surface area contributed by atoms with E-state index >= 15 is 0 Å². The molecule has 0 aliphatic heterocycles. The van der Waals surface area contributed by atoms with Gasteiger partial charge in [0.25, 0.3) is 5.56 Å². The standard InChI is InChI=1S/C36H37N5O3S/c1-3-5-7-11-23-44-30-18-14-26(15-19-30)33-28(25-40(38-33)29-12-9-8-10-13-29)24-32-35(42)41-36(45-32)37-34(39-41)27-16-20-31(21-17-27)43-22-6-4-2/h8-10,12-21,24-25H,3-7,11,22-23H2,1-2H3. The molecule has 0 atom stereocenters. The molecular weight excluding hydrogens is 582 g/mol. The first kappa shape index (κ1) is 30.3. The number of benzene rings is 3. The van der Waals surface area contributed by atoms with E-state index in [9.17, 15) is 4.79 Å². The van der Waals surface area contributed by atoms with Gasteiger partial charge in [0.1, 0.15) is 17.2 Å². The molecule has 0 amide bonds. The van der Waals surface area contributed by atoms with Crippen LogP contribution in [0.25, 0.3) is 39.4 Å². The molecule has 9 heteroatoms. The van der Waals surface area contributed by atoms with Crippen LogP contribution in [0.5, 0.6) is 11.5 Å². The fourth-order valence-electron chi connectivity index (χ4n) is 4.99. The van der Waals surface area contributed by atoms with Gasteiger partial charge in [0.05, 0.1) is 23.4 Å². The third-order valence-electron chi connectivity index (χ3n) is 7.51. The van der Waals surface area contributed by atoms with Crippen LogP contribution in [0.4, 0.5) is 0 Å². The summed E-state index contributed by atoms with van der Waals surface area (Å²) in [6, 6.07) is 25.6. The third-order valence-corrected chi connectivity index (χ3v) is 8.46. The second-order valence-electron chi connectivity index (χ2n) is 10.9. The number of fused-ring (bicyclic) bond motifs is 1. The third kappa shape index (κ3) is 7.15. The number of aromatic nitrogens is 5. The van der Waals surface area contributed by atoms with Crippen molar-refractivity contribution in [3.05, 3.63) is 106 Å². The first-order valence-electron chi connectivity index (χ1n) is 15.7. The van der Waals surface area contributed by atoms with Crippen LogP contribution in [-0.4, -0.2) is 37.6 Å². The van der Waals surface area contributed by atoms with Crippen LogP contribution in [0.2, 0.25) is 0 Å². The van der Waals surface area contributed by atoms with E-state index in [2.05, 4.69) is 23.9 Å². The fourth-order valence-corrected chi connectivity index (χ4v) is 5.89. The molecule has 45 heavy (non-hydrogen) atoms. The summed E-state index contributed by atoms with van der Waals surface area (Å²) in [4.78, 5) is 18.7. The minimum absolute atomic E-state index is 0.210. The molecule has 6 rings (SSSR count). The number of hydrogen-bond donors (Lipinski definition) is 0. The predicted molar refractivity (Wildman–Crippen MR) is 180 cm³/mol. The smallest absolute Gasteiger partial charge is 0.291 e. The maximum Gasteiger partial charge on any atom is 0.291 e. The SMILES string of the molecule is CCCCCCOc1ccc(-c2nn(-c3ccccc3)cc2C=c2sc3nc(-c4ccc(OCCCC)cc4)nn3c2=O)cc1. The van der Waals surface area contributed by atoms with Crippen molar-refractivity contribution in [2.45, 2.75) is 52.4 Å². The monoisotopic (exact) mass is 619 g/mol. The van der Waals surface area contributed by atoms with Gasteiger partial charge in [-0.1, -0.05) is 69.1 Å². The van der Waals surface area contributed by atoms with Gasteiger partial charge in [-0.15, -0.1) is 5.10 Å². The molecule has 0 saturated carbocycles. The number of nitrogens with zero attached hydrogens (tertiary/aromatic N) is 5. The molecule has 230 valence electrons. The Hall–Kier alpha value is -4.76. The summed E-state index contributed by atoms with van der Waals surface area (Å²) >= 11 is 1.32. The van der Waals surface area contributed by atoms with Gasteiger partial charge in [-0.2, -0.15) is 14.6 Å². The predicted octanol–water partition coefficient (Wildman–Crippen LogP) is 7.36. The fraction of sp³-hybridized carbons (Fsp3) is 0.278. The minimum Gasteiger partial charge on any atom is -0.494 e. The van der Waals surface area contributed by atoms with E-state index in [1.165, 1.54) is 35.1 Å². The molecule has 3 aromatic heterocycles.